The van der Waals surface area contributed by atoms with Gasteiger partial charge in [-0.2, -0.15) is 0 Å². The average molecular weight is 290 g/mol. The minimum atomic E-state index is 0.583. The van der Waals surface area contributed by atoms with Crippen molar-refractivity contribution in [2.75, 3.05) is 19.6 Å². The van der Waals surface area contributed by atoms with E-state index in [1.807, 2.05) is 0 Å². The first-order chi connectivity index (χ1) is 9.94. The van der Waals surface area contributed by atoms with E-state index in [0.717, 1.165) is 18.5 Å². The van der Waals surface area contributed by atoms with Crippen LogP contribution in [0.3, 0.4) is 0 Å². The average Bonchev–Trinajstić information content (AvgIpc) is 2.35. The van der Waals surface area contributed by atoms with Crippen molar-refractivity contribution in [3.63, 3.8) is 0 Å². The van der Waals surface area contributed by atoms with Crippen LogP contribution < -0.4 is 5.32 Å². The molecule has 0 aromatic heterocycles. The van der Waals surface area contributed by atoms with Crippen molar-refractivity contribution >= 4 is 0 Å². The molecule has 21 heavy (non-hydrogen) atoms. The molecule has 1 heterocycles. The van der Waals surface area contributed by atoms with E-state index in [9.17, 15) is 0 Å². The molecule has 4 bridgehead atoms. The van der Waals surface area contributed by atoms with Gasteiger partial charge in [0.1, 0.15) is 0 Å². The maximum Gasteiger partial charge on any atom is 0.0222 e. The third-order valence-corrected chi connectivity index (χ3v) is 7.26. The van der Waals surface area contributed by atoms with Gasteiger partial charge in [-0.15, -0.1) is 0 Å². The number of nitrogens with zero attached hydrogens (tertiary/aromatic N) is 1. The Balaban J connectivity index is 1.52. The number of rotatable bonds is 3. The zero-order chi connectivity index (χ0) is 14.7. The minimum Gasteiger partial charge on any atom is -0.314 e. The van der Waals surface area contributed by atoms with Gasteiger partial charge in [-0.3, -0.25) is 4.90 Å². The normalized spacial score (nSPS) is 50.7. The molecule has 0 aromatic carbocycles. The summed E-state index contributed by atoms with van der Waals surface area (Å²) >= 11 is 0. The highest BCUT2D eigenvalue weighted by molar-refractivity contribution is 5.15. The highest BCUT2D eigenvalue weighted by Crippen LogP contribution is 2.67. The fraction of sp³-hybridized carbons (Fsp3) is 1.00. The molecular weight excluding hydrogens is 256 g/mol. The summed E-state index contributed by atoms with van der Waals surface area (Å²) in [5, 5.41) is 3.67. The van der Waals surface area contributed by atoms with Gasteiger partial charge in [0.2, 0.25) is 0 Å². The van der Waals surface area contributed by atoms with Gasteiger partial charge < -0.3 is 5.32 Å². The van der Waals surface area contributed by atoms with Crippen molar-refractivity contribution < 1.29 is 0 Å². The van der Waals surface area contributed by atoms with Crippen LogP contribution in [-0.4, -0.2) is 36.1 Å². The molecule has 0 spiro atoms. The van der Waals surface area contributed by atoms with Gasteiger partial charge in [0.25, 0.3) is 0 Å². The molecular formula is C19H34N2. The monoisotopic (exact) mass is 290 g/mol. The van der Waals surface area contributed by atoms with Crippen LogP contribution in [0.15, 0.2) is 0 Å². The number of hydrogen-bond acceptors (Lipinski definition) is 2. The topological polar surface area (TPSA) is 15.3 Å². The highest BCUT2D eigenvalue weighted by Gasteiger charge is 2.61. The van der Waals surface area contributed by atoms with Crippen molar-refractivity contribution in [3.05, 3.63) is 0 Å². The second-order valence-corrected chi connectivity index (χ2v) is 9.67. The first kappa shape index (κ1) is 14.5. The van der Waals surface area contributed by atoms with Crippen LogP contribution in [0, 0.1) is 16.7 Å². The summed E-state index contributed by atoms with van der Waals surface area (Å²) in [6.07, 6.45) is 11.8. The van der Waals surface area contributed by atoms with Gasteiger partial charge in [-0.1, -0.05) is 20.8 Å². The zero-order valence-electron chi connectivity index (χ0n) is 14.4. The molecule has 5 aliphatic rings. The molecule has 1 aliphatic heterocycles. The number of nitrogens with one attached hydrogen (secondary N) is 1. The minimum absolute atomic E-state index is 0.583. The molecule has 4 aliphatic carbocycles. The predicted octanol–water partition coefficient (Wildman–Crippen LogP) is 3.81. The van der Waals surface area contributed by atoms with Crippen molar-refractivity contribution in [1.29, 1.82) is 0 Å². The number of likely N-dealkylation sites (tertiary alicyclic amines) is 1. The molecule has 120 valence electrons. The second-order valence-electron chi connectivity index (χ2n) is 9.67. The lowest BCUT2D eigenvalue weighted by Crippen LogP contribution is -2.66. The first-order valence-electron chi connectivity index (χ1n) is 9.43. The van der Waals surface area contributed by atoms with E-state index in [4.69, 9.17) is 0 Å². The van der Waals surface area contributed by atoms with Gasteiger partial charge >= 0.3 is 0 Å². The van der Waals surface area contributed by atoms with Crippen LogP contribution in [-0.2, 0) is 0 Å². The maximum absolute atomic E-state index is 3.67. The van der Waals surface area contributed by atoms with Gasteiger partial charge in [0, 0.05) is 24.7 Å². The Morgan fingerprint density at radius 1 is 0.952 bits per heavy atom. The Bertz CT molecular complexity index is 392. The molecule has 2 unspecified atom stereocenters. The summed E-state index contributed by atoms with van der Waals surface area (Å²) in [5.41, 5.74) is 1.90. The molecule has 2 nitrogen and oxygen atoms in total. The molecule has 5 rings (SSSR count). The van der Waals surface area contributed by atoms with E-state index in [2.05, 4.69) is 31.0 Å². The van der Waals surface area contributed by atoms with E-state index in [1.165, 1.54) is 64.5 Å². The fourth-order valence-corrected chi connectivity index (χ4v) is 7.59. The van der Waals surface area contributed by atoms with Crippen LogP contribution in [0.4, 0.5) is 0 Å². The van der Waals surface area contributed by atoms with Gasteiger partial charge in [0.15, 0.2) is 0 Å². The zero-order valence-corrected chi connectivity index (χ0v) is 14.4. The van der Waals surface area contributed by atoms with E-state index in [-0.39, 0.29) is 0 Å². The summed E-state index contributed by atoms with van der Waals surface area (Å²) in [5.74, 6) is 1.03. The third-order valence-electron chi connectivity index (χ3n) is 7.26. The summed E-state index contributed by atoms with van der Waals surface area (Å²) in [6.45, 7) is 11.3. The van der Waals surface area contributed by atoms with Crippen LogP contribution >= 0.6 is 0 Å². The molecule has 2 heteroatoms. The molecule has 4 saturated carbocycles. The lowest BCUT2D eigenvalue weighted by Gasteiger charge is -2.68. The van der Waals surface area contributed by atoms with E-state index < -0.39 is 0 Å². The van der Waals surface area contributed by atoms with Crippen LogP contribution in [0.1, 0.15) is 72.1 Å². The first-order valence-corrected chi connectivity index (χ1v) is 9.43. The second kappa shape index (κ2) is 4.71. The Hall–Kier alpha value is -0.0800. The van der Waals surface area contributed by atoms with E-state index in [1.54, 1.807) is 0 Å². The lowest BCUT2D eigenvalue weighted by atomic mass is 9.42. The Morgan fingerprint density at radius 3 is 2.10 bits per heavy atom. The van der Waals surface area contributed by atoms with E-state index in [0.29, 0.717) is 16.4 Å². The van der Waals surface area contributed by atoms with E-state index >= 15 is 0 Å². The van der Waals surface area contributed by atoms with Crippen LogP contribution in [0.25, 0.3) is 0 Å². The molecule has 1 saturated heterocycles. The maximum atomic E-state index is 3.67. The van der Waals surface area contributed by atoms with Crippen molar-refractivity contribution in [2.24, 2.45) is 16.7 Å². The number of hydrogen-bond donors (Lipinski definition) is 1. The smallest absolute Gasteiger partial charge is 0.0222 e. The molecule has 0 amide bonds. The molecule has 5 fully saturated rings. The molecule has 0 radical (unpaired) electrons. The molecule has 2 atom stereocenters. The van der Waals surface area contributed by atoms with Crippen LogP contribution in [0.5, 0.6) is 0 Å². The summed E-state index contributed by atoms with van der Waals surface area (Å²) in [6, 6.07) is 0.784. The predicted molar refractivity (Wildman–Crippen MR) is 88.4 cm³/mol. The molecule has 1 N–H and O–H groups in total. The summed E-state index contributed by atoms with van der Waals surface area (Å²) in [7, 11) is 0. The van der Waals surface area contributed by atoms with Crippen molar-refractivity contribution in [1.82, 2.24) is 10.2 Å². The van der Waals surface area contributed by atoms with Crippen molar-refractivity contribution in [2.45, 2.75) is 83.7 Å². The Labute approximate surface area is 131 Å². The number of piperidine rings is 1. The van der Waals surface area contributed by atoms with Gasteiger partial charge in [-0.25, -0.2) is 0 Å². The summed E-state index contributed by atoms with van der Waals surface area (Å²) < 4.78 is 0. The lowest BCUT2D eigenvalue weighted by molar-refractivity contribution is -0.165. The quantitative estimate of drug-likeness (QED) is 0.850. The Kier molecular flexibility index (Phi) is 3.25. The third kappa shape index (κ3) is 2.37. The highest BCUT2D eigenvalue weighted by atomic mass is 15.2. The van der Waals surface area contributed by atoms with Gasteiger partial charge in [0.05, 0.1) is 0 Å². The summed E-state index contributed by atoms with van der Waals surface area (Å²) in [4.78, 5) is 2.95. The van der Waals surface area contributed by atoms with Gasteiger partial charge in [-0.05, 0) is 74.7 Å². The standard InChI is InChI=1S/C19H34N2/c1-4-20-16-5-7-21(8-6-16)19-11-15-9-17(2,13-19)12-18(3,10-15)14-19/h15-16,20H,4-14H2,1-3H3. The fourth-order valence-electron chi connectivity index (χ4n) is 7.59. The molecule has 0 aromatic rings. The van der Waals surface area contributed by atoms with Crippen LogP contribution in [0.2, 0.25) is 0 Å². The largest absolute Gasteiger partial charge is 0.314 e. The van der Waals surface area contributed by atoms with Crippen molar-refractivity contribution in [3.8, 4) is 0 Å². The SMILES string of the molecule is CCNC1CCN(C23CC4CC(C)(CC(C)(C4)C2)C3)CC1. The Morgan fingerprint density at radius 2 is 1.57 bits per heavy atom.